The van der Waals surface area contributed by atoms with E-state index in [-0.39, 0.29) is 11.8 Å². The number of nitrogens with one attached hydrogen (secondary N) is 1. The van der Waals surface area contributed by atoms with E-state index < -0.39 is 6.04 Å². The minimum absolute atomic E-state index is 0.0386. The van der Waals surface area contributed by atoms with Crippen LogP contribution in [-0.2, 0) is 4.79 Å². The molecule has 1 heterocycles. The molecule has 0 radical (unpaired) electrons. The summed E-state index contributed by atoms with van der Waals surface area (Å²) in [6.07, 6.45) is 4.61. The Hall–Kier alpha value is -1.05. The summed E-state index contributed by atoms with van der Waals surface area (Å²) in [7, 11) is 4.17. The van der Waals surface area contributed by atoms with Crippen molar-refractivity contribution in [1.82, 2.24) is 15.1 Å². The van der Waals surface area contributed by atoms with Crippen molar-refractivity contribution in [1.29, 1.82) is 0 Å². The Kier molecular flexibility index (Phi) is 8.44. The highest BCUT2D eigenvalue weighted by Gasteiger charge is 2.30. The number of amides is 2. The number of rotatable bonds is 7. The zero-order valence-corrected chi connectivity index (χ0v) is 18.1. The van der Waals surface area contributed by atoms with Crippen LogP contribution in [0.2, 0.25) is 0 Å². The minimum atomic E-state index is -0.474. The second kappa shape index (κ2) is 10.3. The first-order valence-electron chi connectivity index (χ1n) is 8.93. The average Bonchev–Trinajstić information content (AvgIpc) is 2.64. The van der Waals surface area contributed by atoms with Crippen molar-refractivity contribution >= 4 is 39.5 Å². The molecule has 2 rings (SSSR count). The first-order valence-corrected chi connectivity index (χ1v) is 11.1. The van der Waals surface area contributed by atoms with Gasteiger partial charge < -0.3 is 15.1 Å². The molecule has 1 aromatic rings. The zero-order chi connectivity index (χ0) is 19.1. The summed E-state index contributed by atoms with van der Waals surface area (Å²) < 4.78 is 0.736. The van der Waals surface area contributed by atoms with Gasteiger partial charge in [-0.1, -0.05) is 12.1 Å². The van der Waals surface area contributed by atoms with Crippen LogP contribution < -0.4 is 5.32 Å². The van der Waals surface area contributed by atoms with Crippen LogP contribution in [0, 0.1) is 0 Å². The summed E-state index contributed by atoms with van der Waals surface area (Å²) in [5.74, 6) is 0.664. The van der Waals surface area contributed by atoms with Gasteiger partial charge in [-0.2, -0.15) is 11.8 Å². The molecule has 0 spiro atoms. The van der Waals surface area contributed by atoms with E-state index in [4.69, 9.17) is 0 Å². The van der Waals surface area contributed by atoms with Gasteiger partial charge in [-0.25, -0.2) is 0 Å². The van der Waals surface area contributed by atoms with Gasteiger partial charge in [-0.05, 0) is 73.4 Å². The van der Waals surface area contributed by atoms with Crippen LogP contribution in [0.3, 0.4) is 0 Å². The molecule has 7 heteroatoms. The maximum atomic E-state index is 13.0. The number of likely N-dealkylation sites (tertiary alicyclic amines) is 1. The number of carbonyl (C=O) groups is 2. The standard InChI is InChI=1S/C19H28BrN3O2S/c1-22(2)14-8-11-23(12-9-14)19(25)17(10-13-26-3)21-18(24)15-6-4-5-7-16(15)20/h4-7,14,17H,8-13H2,1-3H3,(H,21,24)/t17-/m1/s1. The number of piperidine rings is 1. The number of carbonyl (C=O) groups excluding carboxylic acids is 2. The normalized spacial score (nSPS) is 16.6. The quantitative estimate of drug-likeness (QED) is 0.706. The summed E-state index contributed by atoms with van der Waals surface area (Å²) in [4.78, 5) is 29.8. The van der Waals surface area contributed by atoms with Crippen molar-refractivity contribution < 1.29 is 9.59 Å². The molecular weight excluding hydrogens is 414 g/mol. The Labute approximate surface area is 169 Å². The van der Waals surface area contributed by atoms with E-state index in [1.54, 1.807) is 17.8 Å². The predicted octanol–water partition coefficient (Wildman–Crippen LogP) is 2.85. The Morgan fingerprint density at radius 3 is 2.54 bits per heavy atom. The first kappa shape index (κ1) is 21.3. The molecule has 1 fully saturated rings. The van der Waals surface area contributed by atoms with E-state index >= 15 is 0 Å². The summed E-state index contributed by atoms with van der Waals surface area (Å²) >= 11 is 5.09. The Bertz CT molecular complexity index is 619. The molecule has 5 nitrogen and oxygen atoms in total. The van der Waals surface area contributed by atoms with Crippen LogP contribution in [0.1, 0.15) is 29.6 Å². The highest BCUT2D eigenvalue weighted by molar-refractivity contribution is 9.10. The summed E-state index contributed by atoms with van der Waals surface area (Å²) in [5.41, 5.74) is 0.556. The van der Waals surface area contributed by atoms with Crippen LogP contribution >= 0.6 is 27.7 Å². The first-order chi connectivity index (χ1) is 12.4. The largest absolute Gasteiger partial charge is 0.341 e. The molecule has 0 aliphatic carbocycles. The molecule has 1 aliphatic rings. The van der Waals surface area contributed by atoms with Crippen molar-refractivity contribution in [2.45, 2.75) is 31.3 Å². The molecule has 0 aromatic heterocycles. The molecule has 0 bridgehead atoms. The van der Waals surface area contributed by atoms with E-state index in [9.17, 15) is 9.59 Å². The van der Waals surface area contributed by atoms with Crippen LogP contribution in [0.5, 0.6) is 0 Å². The third-order valence-electron chi connectivity index (χ3n) is 4.84. The molecule has 0 saturated carbocycles. The monoisotopic (exact) mass is 441 g/mol. The molecule has 1 N–H and O–H groups in total. The fourth-order valence-corrected chi connectivity index (χ4v) is 4.13. The Morgan fingerprint density at radius 2 is 1.96 bits per heavy atom. The molecule has 1 atom stereocenters. The minimum Gasteiger partial charge on any atom is -0.341 e. The lowest BCUT2D eigenvalue weighted by atomic mass is 10.0. The third-order valence-corrected chi connectivity index (χ3v) is 6.17. The zero-order valence-electron chi connectivity index (χ0n) is 15.7. The van der Waals surface area contributed by atoms with E-state index in [0.717, 1.165) is 36.2 Å². The Balaban J connectivity index is 2.03. The van der Waals surface area contributed by atoms with Crippen LogP contribution in [0.4, 0.5) is 0 Å². The van der Waals surface area contributed by atoms with E-state index in [1.807, 2.05) is 29.4 Å². The molecule has 1 aromatic carbocycles. The van der Waals surface area contributed by atoms with Crippen molar-refractivity contribution in [3.05, 3.63) is 34.3 Å². The van der Waals surface area contributed by atoms with Gasteiger partial charge in [0.15, 0.2) is 0 Å². The second-order valence-corrected chi connectivity index (χ2v) is 8.65. The van der Waals surface area contributed by atoms with Gasteiger partial charge in [0.05, 0.1) is 5.56 Å². The fraction of sp³-hybridized carbons (Fsp3) is 0.579. The van der Waals surface area contributed by atoms with Gasteiger partial charge in [0.1, 0.15) is 6.04 Å². The number of hydrogen-bond acceptors (Lipinski definition) is 4. The number of thioether (sulfide) groups is 1. The van der Waals surface area contributed by atoms with Gasteiger partial charge in [0, 0.05) is 23.6 Å². The highest BCUT2D eigenvalue weighted by atomic mass is 79.9. The third kappa shape index (κ3) is 5.72. The number of hydrogen-bond donors (Lipinski definition) is 1. The maximum Gasteiger partial charge on any atom is 0.253 e. The van der Waals surface area contributed by atoms with E-state index in [0.29, 0.717) is 18.0 Å². The summed E-state index contributed by atoms with van der Waals surface area (Å²) in [6.45, 7) is 1.50. The van der Waals surface area contributed by atoms with Gasteiger partial charge >= 0.3 is 0 Å². The average molecular weight is 442 g/mol. The molecule has 1 saturated heterocycles. The maximum absolute atomic E-state index is 13.0. The second-order valence-electron chi connectivity index (χ2n) is 6.81. The predicted molar refractivity (Wildman–Crippen MR) is 112 cm³/mol. The van der Waals surface area contributed by atoms with E-state index in [2.05, 4.69) is 40.2 Å². The van der Waals surface area contributed by atoms with Crippen LogP contribution in [0.15, 0.2) is 28.7 Å². The number of nitrogens with zero attached hydrogens (tertiary/aromatic N) is 2. The van der Waals surface area contributed by atoms with Crippen molar-refractivity contribution in [3.63, 3.8) is 0 Å². The van der Waals surface area contributed by atoms with Crippen molar-refractivity contribution in [2.24, 2.45) is 0 Å². The molecule has 0 unspecified atom stereocenters. The lowest BCUT2D eigenvalue weighted by Gasteiger charge is -2.37. The van der Waals surface area contributed by atoms with E-state index in [1.165, 1.54) is 0 Å². The lowest BCUT2D eigenvalue weighted by molar-refractivity contribution is -0.134. The van der Waals surface area contributed by atoms with Crippen LogP contribution in [-0.4, -0.2) is 72.9 Å². The topological polar surface area (TPSA) is 52.7 Å². The summed E-state index contributed by atoms with van der Waals surface area (Å²) in [6, 6.07) is 7.34. The molecule has 2 amide bonds. The van der Waals surface area contributed by atoms with Crippen LogP contribution in [0.25, 0.3) is 0 Å². The van der Waals surface area contributed by atoms with Gasteiger partial charge in [-0.15, -0.1) is 0 Å². The number of halogens is 1. The van der Waals surface area contributed by atoms with Gasteiger partial charge in [-0.3, -0.25) is 9.59 Å². The van der Waals surface area contributed by atoms with Crippen molar-refractivity contribution in [3.8, 4) is 0 Å². The smallest absolute Gasteiger partial charge is 0.253 e. The molecule has 26 heavy (non-hydrogen) atoms. The molecule has 144 valence electrons. The van der Waals surface area contributed by atoms with Gasteiger partial charge in [0.2, 0.25) is 5.91 Å². The lowest BCUT2D eigenvalue weighted by Crippen LogP contribution is -2.52. The number of benzene rings is 1. The summed E-state index contributed by atoms with van der Waals surface area (Å²) in [5, 5.41) is 2.96. The van der Waals surface area contributed by atoms with Crippen molar-refractivity contribution in [2.75, 3.05) is 39.2 Å². The molecule has 1 aliphatic heterocycles. The SMILES string of the molecule is CSCC[C@@H](NC(=O)c1ccccc1Br)C(=O)N1CCC(N(C)C)CC1. The fourth-order valence-electron chi connectivity index (χ4n) is 3.20. The molecular formula is C19H28BrN3O2S. The Morgan fingerprint density at radius 1 is 1.31 bits per heavy atom. The highest BCUT2D eigenvalue weighted by Crippen LogP contribution is 2.18. The van der Waals surface area contributed by atoms with Gasteiger partial charge in [0.25, 0.3) is 5.91 Å².